The minimum atomic E-state index is -0.627. The molecule has 1 amide bonds. The molecule has 1 heterocycles. The van der Waals surface area contributed by atoms with Gasteiger partial charge in [0.2, 0.25) is 5.43 Å². The van der Waals surface area contributed by atoms with Crippen molar-refractivity contribution in [2.24, 2.45) is 7.05 Å². The molecule has 3 aromatic rings. The van der Waals surface area contributed by atoms with E-state index < -0.39 is 17.2 Å². The molecule has 1 aromatic heterocycles. The zero-order valence-corrected chi connectivity index (χ0v) is 11.7. The third kappa shape index (κ3) is 2.46. The van der Waals surface area contributed by atoms with E-state index in [4.69, 9.17) is 0 Å². The number of carbonyl (C=O) groups excluding carboxylic acids is 1. The van der Waals surface area contributed by atoms with Crippen LogP contribution in [-0.2, 0) is 7.05 Å². The maximum atomic E-state index is 13.4. The van der Waals surface area contributed by atoms with Crippen LogP contribution in [0.5, 0.6) is 0 Å². The highest BCUT2D eigenvalue weighted by atomic mass is 19.1. The third-order valence-electron chi connectivity index (χ3n) is 3.26. The van der Waals surface area contributed by atoms with Crippen LogP contribution in [0.4, 0.5) is 10.1 Å². The summed E-state index contributed by atoms with van der Waals surface area (Å²) in [4.78, 5) is 24.6. The molecule has 1 N–H and O–H groups in total. The summed E-state index contributed by atoms with van der Waals surface area (Å²) in [5.41, 5.74) is 0.142. The summed E-state index contributed by atoms with van der Waals surface area (Å²) in [6.45, 7) is 0. The zero-order chi connectivity index (χ0) is 15.7. The standard InChI is InChI=1S/C16H12FN3O2/c1-20-13-8-7-10(17)9-12(13)15(21)14(19-20)16(22)18-11-5-3-2-4-6-11/h2-9H,1H3,(H,18,22). The molecule has 0 atom stereocenters. The van der Waals surface area contributed by atoms with Gasteiger partial charge in [-0.2, -0.15) is 5.10 Å². The Kier molecular flexibility index (Phi) is 3.42. The van der Waals surface area contributed by atoms with Crippen LogP contribution in [-0.4, -0.2) is 15.7 Å². The van der Waals surface area contributed by atoms with Gasteiger partial charge in [0.05, 0.1) is 10.9 Å². The number of hydrogen-bond donors (Lipinski definition) is 1. The van der Waals surface area contributed by atoms with E-state index >= 15 is 0 Å². The predicted octanol–water partition coefficient (Wildman–Crippen LogP) is 2.32. The van der Waals surface area contributed by atoms with Crippen molar-refractivity contribution in [3.05, 3.63) is 70.3 Å². The number of hydrogen-bond acceptors (Lipinski definition) is 3. The molecule has 110 valence electrons. The molecule has 0 aliphatic carbocycles. The van der Waals surface area contributed by atoms with Crippen LogP contribution in [0.25, 0.3) is 10.9 Å². The number of fused-ring (bicyclic) bond motifs is 1. The monoisotopic (exact) mass is 297 g/mol. The van der Waals surface area contributed by atoms with Crippen molar-refractivity contribution >= 4 is 22.5 Å². The summed E-state index contributed by atoms with van der Waals surface area (Å²) in [5.74, 6) is -1.16. The number of anilines is 1. The average molecular weight is 297 g/mol. The summed E-state index contributed by atoms with van der Waals surface area (Å²) in [5, 5.41) is 6.71. The number of para-hydroxylation sites is 1. The Morgan fingerprint density at radius 2 is 1.91 bits per heavy atom. The Labute approximate surface area is 125 Å². The lowest BCUT2D eigenvalue weighted by Gasteiger charge is -2.08. The molecular formula is C16H12FN3O2. The van der Waals surface area contributed by atoms with Gasteiger partial charge in [-0.05, 0) is 30.3 Å². The minimum Gasteiger partial charge on any atom is -0.320 e. The van der Waals surface area contributed by atoms with Gasteiger partial charge in [-0.3, -0.25) is 14.3 Å². The summed E-state index contributed by atoms with van der Waals surface area (Å²) in [7, 11) is 1.60. The Bertz CT molecular complexity index is 920. The highest BCUT2D eigenvalue weighted by Gasteiger charge is 2.17. The topological polar surface area (TPSA) is 64.0 Å². The van der Waals surface area contributed by atoms with Gasteiger partial charge in [0.25, 0.3) is 5.91 Å². The fraction of sp³-hybridized carbons (Fsp3) is 0.0625. The van der Waals surface area contributed by atoms with Crippen LogP contribution < -0.4 is 10.7 Å². The van der Waals surface area contributed by atoms with E-state index in [1.54, 1.807) is 31.3 Å². The number of rotatable bonds is 2. The van der Waals surface area contributed by atoms with E-state index in [2.05, 4.69) is 10.4 Å². The third-order valence-corrected chi connectivity index (χ3v) is 3.26. The Balaban J connectivity index is 2.09. The van der Waals surface area contributed by atoms with E-state index in [9.17, 15) is 14.0 Å². The largest absolute Gasteiger partial charge is 0.320 e. The number of aromatic nitrogens is 2. The number of amides is 1. The van der Waals surface area contributed by atoms with Crippen LogP contribution in [0.2, 0.25) is 0 Å². The Morgan fingerprint density at radius 3 is 2.64 bits per heavy atom. The summed E-state index contributed by atoms with van der Waals surface area (Å²) in [6.07, 6.45) is 0. The predicted molar refractivity (Wildman–Crippen MR) is 81.3 cm³/mol. The van der Waals surface area contributed by atoms with Gasteiger partial charge in [-0.15, -0.1) is 0 Å². The highest BCUT2D eigenvalue weighted by Crippen LogP contribution is 2.12. The Hall–Kier alpha value is -3.02. The lowest BCUT2D eigenvalue weighted by atomic mass is 10.2. The molecule has 0 unspecified atom stereocenters. The van der Waals surface area contributed by atoms with Crippen LogP contribution in [0, 0.1) is 5.82 Å². The SMILES string of the molecule is Cn1nc(C(=O)Nc2ccccc2)c(=O)c2cc(F)ccc21. The molecular weight excluding hydrogens is 285 g/mol. The van der Waals surface area contributed by atoms with Crippen molar-refractivity contribution in [1.82, 2.24) is 9.78 Å². The molecule has 0 radical (unpaired) electrons. The normalized spacial score (nSPS) is 10.6. The van der Waals surface area contributed by atoms with E-state index in [-0.39, 0.29) is 11.1 Å². The maximum absolute atomic E-state index is 13.4. The highest BCUT2D eigenvalue weighted by molar-refractivity contribution is 6.04. The number of nitrogens with zero attached hydrogens (tertiary/aromatic N) is 2. The summed E-state index contributed by atoms with van der Waals surface area (Å²) in [6, 6.07) is 12.5. The summed E-state index contributed by atoms with van der Waals surface area (Å²) >= 11 is 0. The van der Waals surface area contributed by atoms with E-state index in [1.165, 1.54) is 16.8 Å². The number of aryl methyl sites for hydroxylation is 1. The average Bonchev–Trinajstić information content (AvgIpc) is 2.51. The number of halogens is 1. The molecule has 5 nitrogen and oxygen atoms in total. The summed E-state index contributed by atoms with van der Waals surface area (Å²) < 4.78 is 14.7. The van der Waals surface area contributed by atoms with Gasteiger partial charge in [-0.25, -0.2) is 4.39 Å². The molecule has 22 heavy (non-hydrogen) atoms. The van der Waals surface area contributed by atoms with Crippen molar-refractivity contribution in [3.8, 4) is 0 Å². The van der Waals surface area contributed by atoms with Crippen molar-refractivity contribution in [1.29, 1.82) is 0 Å². The van der Waals surface area contributed by atoms with E-state index in [0.29, 0.717) is 11.2 Å². The maximum Gasteiger partial charge on any atom is 0.280 e. The molecule has 0 aliphatic heterocycles. The van der Waals surface area contributed by atoms with E-state index in [0.717, 1.165) is 6.07 Å². The molecule has 0 spiro atoms. The lowest BCUT2D eigenvalue weighted by Crippen LogP contribution is -2.26. The minimum absolute atomic E-state index is 0.121. The molecule has 0 aliphatic rings. The van der Waals surface area contributed by atoms with Gasteiger partial charge < -0.3 is 5.32 Å². The smallest absolute Gasteiger partial charge is 0.280 e. The second kappa shape index (κ2) is 5.40. The first-order chi connectivity index (χ1) is 10.6. The zero-order valence-electron chi connectivity index (χ0n) is 11.7. The molecule has 3 rings (SSSR count). The van der Waals surface area contributed by atoms with Gasteiger partial charge >= 0.3 is 0 Å². The van der Waals surface area contributed by atoms with Crippen LogP contribution in [0.15, 0.2) is 53.3 Å². The molecule has 0 saturated heterocycles. The molecule has 0 bridgehead atoms. The van der Waals surface area contributed by atoms with Gasteiger partial charge in [0.15, 0.2) is 5.69 Å². The molecule has 0 saturated carbocycles. The molecule has 2 aromatic carbocycles. The van der Waals surface area contributed by atoms with Crippen molar-refractivity contribution < 1.29 is 9.18 Å². The quantitative estimate of drug-likeness (QED) is 0.789. The lowest BCUT2D eigenvalue weighted by molar-refractivity contribution is 0.101. The van der Waals surface area contributed by atoms with Crippen molar-refractivity contribution in [3.63, 3.8) is 0 Å². The second-order valence-electron chi connectivity index (χ2n) is 4.78. The fourth-order valence-corrected chi connectivity index (χ4v) is 2.21. The van der Waals surface area contributed by atoms with Crippen molar-refractivity contribution in [2.75, 3.05) is 5.32 Å². The number of carbonyl (C=O) groups is 1. The first-order valence-corrected chi connectivity index (χ1v) is 6.59. The first-order valence-electron chi connectivity index (χ1n) is 6.59. The fourth-order valence-electron chi connectivity index (χ4n) is 2.21. The molecule has 0 fully saturated rings. The van der Waals surface area contributed by atoms with Gasteiger partial charge in [-0.1, -0.05) is 18.2 Å². The van der Waals surface area contributed by atoms with Crippen molar-refractivity contribution in [2.45, 2.75) is 0 Å². The number of nitrogens with one attached hydrogen (secondary N) is 1. The molecule has 6 heteroatoms. The van der Waals surface area contributed by atoms with Gasteiger partial charge in [0, 0.05) is 12.7 Å². The first kappa shape index (κ1) is 13.9. The van der Waals surface area contributed by atoms with Gasteiger partial charge in [0.1, 0.15) is 5.82 Å². The van der Waals surface area contributed by atoms with E-state index in [1.807, 2.05) is 6.07 Å². The van der Waals surface area contributed by atoms with Crippen LogP contribution in [0.3, 0.4) is 0 Å². The van der Waals surface area contributed by atoms with Crippen LogP contribution in [0.1, 0.15) is 10.5 Å². The Morgan fingerprint density at radius 1 is 1.18 bits per heavy atom. The number of benzene rings is 2. The van der Waals surface area contributed by atoms with Crippen LogP contribution >= 0.6 is 0 Å². The second-order valence-corrected chi connectivity index (χ2v) is 4.78.